The van der Waals surface area contributed by atoms with Crippen LogP contribution in [0.5, 0.6) is 17.2 Å². The minimum absolute atomic E-state index is 0.0927. The van der Waals surface area contributed by atoms with E-state index in [-0.39, 0.29) is 23.2 Å². The Labute approximate surface area is 184 Å². The summed E-state index contributed by atoms with van der Waals surface area (Å²) in [5.74, 6) is 1.06. The van der Waals surface area contributed by atoms with Crippen LogP contribution in [-0.4, -0.2) is 41.2 Å². The maximum atomic E-state index is 13.1. The second kappa shape index (κ2) is 8.89. The topological polar surface area (TPSA) is 95.8 Å². The number of hydrazone groups is 1. The first-order valence-electron chi connectivity index (χ1n) is 10.0. The highest BCUT2D eigenvalue weighted by Gasteiger charge is 2.35. The van der Waals surface area contributed by atoms with Gasteiger partial charge in [0.15, 0.2) is 22.8 Å². The number of carbonyl (C=O) groups is 1. The normalized spacial score (nSPS) is 17.2. The van der Waals surface area contributed by atoms with E-state index in [1.807, 2.05) is 24.3 Å². The van der Waals surface area contributed by atoms with Gasteiger partial charge in [0.1, 0.15) is 5.70 Å². The molecule has 1 unspecified atom stereocenters. The number of para-hydroxylation sites is 1. The van der Waals surface area contributed by atoms with E-state index in [4.69, 9.17) is 19.6 Å². The minimum Gasteiger partial charge on any atom is -0.502 e. The molecule has 2 aromatic carbocycles. The zero-order valence-electron chi connectivity index (χ0n) is 17.6. The van der Waals surface area contributed by atoms with Crippen molar-refractivity contribution >= 4 is 28.5 Å². The molecule has 1 atom stereocenters. The van der Waals surface area contributed by atoms with E-state index < -0.39 is 6.17 Å². The Morgan fingerprint density at radius 3 is 2.58 bits per heavy atom. The maximum Gasteiger partial charge on any atom is 0.276 e. The maximum absolute atomic E-state index is 13.1. The Morgan fingerprint density at radius 2 is 1.90 bits per heavy atom. The third-order valence-electron chi connectivity index (χ3n) is 5.05. The third-order valence-corrected chi connectivity index (χ3v) is 6.00. The predicted molar refractivity (Wildman–Crippen MR) is 119 cm³/mol. The van der Waals surface area contributed by atoms with Gasteiger partial charge >= 0.3 is 0 Å². The van der Waals surface area contributed by atoms with Crippen LogP contribution in [0.4, 0.5) is 0 Å². The smallest absolute Gasteiger partial charge is 0.276 e. The van der Waals surface area contributed by atoms with Crippen LogP contribution in [0.2, 0.25) is 0 Å². The first-order chi connectivity index (χ1) is 15.1. The molecule has 2 aliphatic rings. The monoisotopic (exact) mass is 440 g/mol. The van der Waals surface area contributed by atoms with Gasteiger partial charge in [0, 0.05) is 16.5 Å². The highest BCUT2D eigenvalue weighted by atomic mass is 32.2. The van der Waals surface area contributed by atoms with Gasteiger partial charge in [0.2, 0.25) is 5.75 Å². The van der Waals surface area contributed by atoms with Crippen LogP contribution in [0, 0.1) is 0 Å². The highest BCUT2D eigenvalue weighted by Crippen LogP contribution is 2.41. The zero-order chi connectivity index (χ0) is 22.0. The van der Waals surface area contributed by atoms with Crippen molar-refractivity contribution in [2.24, 2.45) is 10.1 Å². The third kappa shape index (κ3) is 3.93. The van der Waals surface area contributed by atoms with Gasteiger partial charge in [0.25, 0.3) is 5.91 Å². The molecule has 0 saturated heterocycles. The number of benzene rings is 2. The number of unbranched alkanes of at least 4 members (excludes halogenated alkanes) is 1. The molecule has 4 rings (SSSR count). The van der Waals surface area contributed by atoms with E-state index in [0.717, 1.165) is 23.8 Å². The first-order valence-corrected chi connectivity index (χ1v) is 11.0. The Kier molecular flexibility index (Phi) is 6.03. The highest BCUT2D eigenvalue weighted by molar-refractivity contribution is 8.13. The van der Waals surface area contributed by atoms with E-state index in [1.54, 1.807) is 17.1 Å². The van der Waals surface area contributed by atoms with Crippen molar-refractivity contribution in [2.45, 2.75) is 25.9 Å². The lowest BCUT2D eigenvalue weighted by molar-refractivity contribution is -0.116. The van der Waals surface area contributed by atoms with Crippen molar-refractivity contribution in [3.8, 4) is 17.2 Å². The Bertz CT molecular complexity index is 1140. The Hall–Kier alpha value is -3.20. The summed E-state index contributed by atoms with van der Waals surface area (Å²) in [4.78, 5) is 18.0. The van der Waals surface area contributed by atoms with Gasteiger partial charge in [-0.25, -0.2) is 5.01 Å². The van der Waals surface area contributed by atoms with Gasteiger partial charge in [-0.3, -0.25) is 15.1 Å². The number of amides is 1. The van der Waals surface area contributed by atoms with Crippen LogP contribution >= 0.6 is 11.8 Å². The summed E-state index contributed by atoms with van der Waals surface area (Å²) in [5, 5.41) is 21.5. The fourth-order valence-electron chi connectivity index (χ4n) is 3.49. The molecule has 31 heavy (non-hydrogen) atoms. The minimum atomic E-state index is -0.624. The van der Waals surface area contributed by atoms with Gasteiger partial charge in [-0.05, 0) is 24.6 Å². The van der Waals surface area contributed by atoms with Crippen LogP contribution in [0.25, 0.3) is 5.70 Å². The average Bonchev–Trinajstić information content (AvgIpc) is 2.78. The fraction of sp³-hybridized carbons (Fsp3) is 0.318. The van der Waals surface area contributed by atoms with E-state index in [0.29, 0.717) is 21.8 Å². The number of thioether (sulfide) groups is 1. The van der Waals surface area contributed by atoms with Crippen LogP contribution in [0.3, 0.4) is 0 Å². The van der Waals surface area contributed by atoms with Crippen molar-refractivity contribution in [3.05, 3.63) is 52.5 Å². The summed E-state index contributed by atoms with van der Waals surface area (Å²) in [6, 6.07) is 10.8. The summed E-state index contributed by atoms with van der Waals surface area (Å²) in [7, 11) is 2.94. The number of phenols is 1. The molecule has 2 heterocycles. The molecule has 2 aromatic rings. The fourth-order valence-corrected chi connectivity index (χ4v) is 4.42. The van der Waals surface area contributed by atoms with Gasteiger partial charge in [-0.1, -0.05) is 43.3 Å². The van der Waals surface area contributed by atoms with Crippen LogP contribution in [0.15, 0.2) is 46.5 Å². The van der Waals surface area contributed by atoms with E-state index >= 15 is 0 Å². The number of fused-ring (bicyclic) bond motifs is 2. The number of methoxy groups -OCH3 is 2. The molecule has 0 aromatic heterocycles. The summed E-state index contributed by atoms with van der Waals surface area (Å²) >= 11 is 1.51. The quantitative estimate of drug-likeness (QED) is 0.668. The van der Waals surface area contributed by atoms with Crippen LogP contribution < -0.4 is 25.4 Å². The first kappa shape index (κ1) is 21.0. The molecule has 2 aliphatic heterocycles. The number of phenolic OH excluding ortho intramolecular Hbond substituents is 1. The number of rotatable bonds is 6. The molecule has 0 aliphatic carbocycles. The van der Waals surface area contributed by atoms with Gasteiger partial charge in [0.05, 0.1) is 19.6 Å². The molecule has 0 spiro atoms. The van der Waals surface area contributed by atoms with Crippen LogP contribution in [-0.2, 0) is 4.79 Å². The number of carbonyl (C=O) groups excluding carboxylic acids is 1. The summed E-state index contributed by atoms with van der Waals surface area (Å²) < 4.78 is 10.6. The molecule has 0 saturated carbocycles. The molecule has 1 amide bonds. The predicted octanol–water partition coefficient (Wildman–Crippen LogP) is 2.09. The van der Waals surface area contributed by atoms with Crippen molar-refractivity contribution in [1.82, 2.24) is 10.3 Å². The van der Waals surface area contributed by atoms with E-state index in [9.17, 15) is 9.90 Å². The summed E-state index contributed by atoms with van der Waals surface area (Å²) in [6.07, 6.45) is 1.47. The molecular formula is C22H24N4O4S. The number of nitrogens with one attached hydrogen (secondary N) is 1. The average molecular weight is 441 g/mol. The van der Waals surface area contributed by atoms with E-state index in [2.05, 4.69) is 12.2 Å². The summed E-state index contributed by atoms with van der Waals surface area (Å²) in [6.45, 7) is 2.12. The lowest BCUT2D eigenvalue weighted by Crippen LogP contribution is -2.50. The van der Waals surface area contributed by atoms with Crippen molar-refractivity contribution in [1.29, 1.82) is 0 Å². The zero-order valence-corrected chi connectivity index (χ0v) is 18.4. The summed E-state index contributed by atoms with van der Waals surface area (Å²) in [5.41, 5.74) is 1.11. The SMILES string of the molecule is CCCCSC1=NN2C(=c3ccccc3=NC2c2cc(OC)c(O)c(OC)c2)C(=O)N1. The van der Waals surface area contributed by atoms with Crippen molar-refractivity contribution < 1.29 is 19.4 Å². The van der Waals surface area contributed by atoms with E-state index in [1.165, 1.54) is 26.0 Å². The van der Waals surface area contributed by atoms with Gasteiger partial charge in [-0.15, -0.1) is 5.10 Å². The second-order valence-corrected chi connectivity index (χ2v) is 8.13. The largest absolute Gasteiger partial charge is 0.502 e. The molecule has 0 bridgehead atoms. The lowest BCUT2D eigenvalue weighted by atomic mass is 10.1. The number of hydrogen-bond acceptors (Lipinski definition) is 8. The van der Waals surface area contributed by atoms with Crippen LogP contribution in [0.1, 0.15) is 31.5 Å². The molecule has 2 N–H and O–H groups in total. The number of nitrogens with zero attached hydrogens (tertiary/aromatic N) is 3. The molecule has 162 valence electrons. The van der Waals surface area contributed by atoms with Crippen molar-refractivity contribution in [2.75, 3.05) is 20.0 Å². The molecule has 9 heteroatoms. The Morgan fingerprint density at radius 1 is 1.19 bits per heavy atom. The number of ether oxygens (including phenoxy) is 2. The molecule has 0 fully saturated rings. The standard InChI is InChI=1S/C22H24N4O4S/c1-4-5-10-31-22-24-21(28)18-14-8-6-7-9-15(14)23-20(26(18)25-22)13-11-16(29-2)19(27)17(12-13)30-3/h6-9,11-12,20,27H,4-5,10H2,1-3H3,(H,24,25,28). The van der Waals surface area contributed by atoms with Crippen molar-refractivity contribution in [3.63, 3.8) is 0 Å². The lowest BCUT2D eigenvalue weighted by Gasteiger charge is -2.34. The number of aromatic hydroxyl groups is 1. The second-order valence-electron chi connectivity index (χ2n) is 7.05. The molecule has 0 radical (unpaired) electrons. The molecular weight excluding hydrogens is 416 g/mol. The number of amidine groups is 1. The molecule has 8 nitrogen and oxygen atoms in total. The number of hydrogen-bond donors (Lipinski definition) is 2. The van der Waals surface area contributed by atoms with Gasteiger partial charge in [-0.2, -0.15) is 0 Å². The van der Waals surface area contributed by atoms with Gasteiger partial charge < -0.3 is 14.6 Å². The Balaban J connectivity index is 1.88.